The summed E-state index contributed by atoms with van der Waals surface area (Å²) in [6.07, 6.45) is 3.79. The molecule has 0 aromatic heterocycles. The SMILES string of the molecule is CCC(NC(=O)C1CCCC1C)C(N)=NO. The highest BCUT2D eigenvalue weighted by molar-refractivity contribution is 5.90. The van der Waals surface area contributed by atoms with E-state index < -0.39 is 0 Å². The van der Waals surface area contributed by atoms with Gasteiger partial charge in [0, 0.05) is 5.92 Å². The number of hydrogen-bond acceptors (Lipinski definition) is 3. The molecule has 0 aromatic rings. The molecule has 1 aliphatic rings. The van der Waals surface area contributed by atoms with Crippen LogP contribution in [0.1, 0.15) is 39.5 Å². The summed E-state index contributed by atoms with van der Waals surface area (Å²) < 4.78 is 0. The molecule has 1 amide bonds. The van der Waals surface area contributed by atoms with Crippen LogP contribution >= 0.6 is 0 Å². The summed E-state index contributed by atoms with van der Waals surface area (Å²) in [7, 11) is 0. The zero-order valence-corrected chi connectivity index (χ0v) is 9.94. The Balaban J connectivity index is 2.55. The van der Waals surface area contributed by atoms with Crippen molar-refractivity contribution in [1.82, 2.24) is 5.32 Å². The van der Waals surface area contributed by atoms with Gasteiger partial charge in [-0.05, 0) is 25.2 Å². The summed E-state index contributed by atoms with van der Waals surface area (Å²) in [5, 5.41) is 14.4. The van der Waals surface area contributed by atoms with Gasteiger partial charge in [-0.15, -0.1) is 0 Å². The Labute approximate surface area is 96.1 Å². The standard InChI is InChI=1S/C11H21N3O2/c1-3-9(10(12)14-16)13-11(15)8-6-4-5-7(8)2/h7-9,16H,3-6H2,1-2H3,(H2,12,14)(H,13,15). The smallest absolute Gasteiger partial charge is 0.223 e. The van der Waals surface area contributed by atoms with Gasteiger partial charge in [-0.3, -0.25) is 4.79 Å². The molecule has 1 aliphatic carbocycles. The topological polar surface area (TPSA) is 87.7 Å². The highest BCUT2D eigenvalue weighted by atomic mass is 16.4. The van der Waals surface area contributed by atoms with Crippen LogP contribution in [-0.4, -0.2) is 23.0 Å². The van der Waals surface area contributed by atoms with Gasteiger partial charge < -0.3 is 16.3 Å². The van der Waals surface area contributed by atoms with Crippen molar-refractivity contribution in [2.75, 3.05) is 0 Å². The zero-order chi connectivity index (χ0) is 12.1. The van der Waals surface area contributed by atoms with E-state index in [0.717, 1.165) is 19.3 Å². The monoisotopic (exact) mass is 227 g/mol. The number of oxime groups is 1. The highest BCUT2D eigenvalue weighted by Gasteiger charge is 2.31. The fourth-order valence-corrected chi connectivity index (χ4v) is 2.27. The van der Waals surface area contributed by atoms with Crippen molar-refractivity contribution in [2.24, 2.45) is 22.7 Å². The van der Waals surface area contributed by atoms with E-state index in [9.17, 15) is 4.79 Å². The summed E-state index contributed by atoms with van der Waals surface area (Å²) >= 11 is 0. The third-order valence-electron chi connectivity index (χ3n) is 3.40. The molecule has 0 aliphatic heterocycles. The third-order valence-corrected chi connectivity index (χ3v) is 3.40. The quantitative estimate of drug-likeness (QED) is 0.290. The molecular formula is C11H21N3O2. The van der Waals surface area contributed by atoms with Crippen molar-refractivity contribution in [3.8, 4) is 0 Å². The Morgan fingerprint density at radius 3 is 2.75 bits per heavy atom. The van der Waals surface area contributed by atoms with Gasteiger partial charge >= 0.3 is 0 Å². The van der Waals surface area contributed by atoms with E-state index in [2.05, 4.69) is 17.4 Å². The zero-order valence-electron chi connectivity index (χ0n) is 9.94. The lowest BCUT2D eigenvalue weighted by molar-refractivity contribution is -0.126. The van der Waals surface area contributed by atoms with E-state index >= 15 is 0 Å². The van der Waals surface area contributed by atoms with Crippen LogP contribution in [0, 0.1) is 11.8 Å². The first kappa shape index (κ1) is 12.8. The molecule has 92 valence electrons. The van der Waals surface area contributed by atoms with E-state index in [-0.39, 0.29) is 23.7 Å². The molecule has 0 aromatic carbocycles. The van der Waals surface area contributed by atoms with Crippen LogP contribution in [0.5, 0.6) is 0 Å². The molecule has 0 heterocycles. The van der Waals surface area contributed by atoms with Crippen LogP contribution in [0.2, 0.25) is 0 Å². The van der Waals surface area contributed by atoms with E-state index in [1.807, 2.05) is 6.92 Å². The molecule has 1 fully saturated rings. The highest BCUT2D eigenvalue weighted by Crippen LogP contribution is 2.31. The van der Waals surface area contributed by atoms with Crippen molar-refractivity contribution in [1.29, 1.82) is 0 Å². The Morgan fingerprint density at radius 2 is 2.31 bits per heavy atom. The molecule has 1 rings (SSSR count). The van der Waals surface area contributed by atoms with Crippen molar-refractivity contribution in [2.45, 2.75) is 45.6 Å². The fourth-order valence-electron chi connectivity index (χ4n) is 2.27. The number of nitrogens with two attached hydrogens (primary N) is 1. The second-order valence-electron chi connectivity index (χ2n) is 4.51. The lowest BCUT2D eigenvalue weighted by Gasteiger charge is -2.20. The maximum Gasteiger partial charge on any atom is 0.223 e. The lowest BCUT2D eigenvalue weighted by atomic mass is 9.97. The van der Waals surface area contributed by atoms with Crippen LogP contribution < -0.4 is 11.1 Å². The molecule has 0 radical (unpaired) electrons. The van der Waals surface area contributed by atoms with Gasteiger partial charge in [0.2, 0.25) is 5.91 Å². The summed E-state index contributed by atoms with van der Waals surface area (Å²) in [6.45, 7) is 3.99. The minimum absolute atomic E-state index is 0.0310. The van der Waals surface area contributed by atoms with Crippen molar-refractivity contribution in [3.63, 3.8) is 0 Å². The number of nitrogens with zero attached hydrogens (tertiary/aromatic N) is 1. The van der Waals surface area contributed by atoms with Crippen LogP contribution in [0.15, 0.2) is 5.16 Å². The average molecular weight is 227 g/mol. The van der Waals surface area contributed by atoms with Gasteiger partial charge in [0.1, 0.15) is 0 Å². The van der Waals surface area contributed by atoms with Gasteiger partial charge in [0.25, 0.3) is 0 Å². The first-order chi connectivity index (χ1) is 7.60. The molecule has 5 heteroatoms. The molecule has 0 spiro atoms. The van der Waals surface area contributed by atoms with Crippen LogP contribution in [0.3, 0.4) is 0 Å². The minimum atomic E-state index is -0.356. The molecule has 0 bridgehead atoms. The molecule has 5 nitrogen and oxygen atoms in total. The average Bonchev–Trinajstić information content (AvgIpc) is 2.71. The Morgan fingerprint density at radius 1 is 1.62 bits per heavy atom. The normalized spacial score (nSPS) is 27.8. The van der Waals surface area contributed by atoms with Crippen molar-refractivity contribution in [3.05, 3.63) is 0 Å². The largest absolute Gasteiger partial charge is 0.409 e. The summed E-state index contributed by atoms with van der Waals surface area (Å²) in [5.74, 6) is 0.621. The van der Waals surface area contributed by atoms with Gasteiger partial charge in [-0.2, -0.15) is 0 Å². The number of carbonyl (C=O) groups is 1. The Bertz CT molecular complexity index is 278. The summed E-state index contributed by atoms with van der Waals surface area (Å²) in [4.78, 5) is 11.9. The van der Waals surface area contributed by atoms with Crippen LogP contribution in [0.25, 0.3) is 0 Å². The number of rotatable bonds is 4. The van der Waals surface area contributed by atoms with Crippen molar-refractivity contribution < 1.29 is 10.0 Å². The molecule has 4 N–H and O–H groups in total. The second-order valence-corrected chi connectivity index (χ2v) is 4.51. The van der Waals surface area contributed by atoms with Crippen LogP contribution in [-0.2, 0) is 4.79 Å². The predicted octanol–water partition coefficient (Wildman–Crippen LogP) is 1.06. The molecular weight excluding hydrogens is 206 g/mol. The number of amidine groups is 1. The summed E-state index contributed by atoms with van der Waals surface area (Å²) in [5.41, 5.74) is 5.49. The Hall–Kier alpha value is -1.26. The molecule has 0 saturated heterocycles. The first-order valence-corrected chi connectivity index (χ1v) is 5.87. The first-order valence-electron chi connectivity index (χ1n) is 5.87. The molecule has 16 heavy (non-hydrogen) atoms. The Kier molecular flexibility index (Phi) is 4.58. The van der Waals surface area contributed by atoms with E-state index in [1.165, 1.54) is 0 Å². The van der Waals surface area contributed by atoms with Gasteiger partial charge in [-0.1, -0.05) is 25.4 Å². The maximum absolute atomic E-state index is 11.9. The lowest BCUT2D eigenvalue weighted by Crippen LogP contribution is -2.46. The number of nitrogens with one attached hydrogen (secondary N) is 1. The van der Waals surface area contributed by atoms with Gasteiger partial charge in [-0.25, -0.2) is 0 Å². The number of amides is 1. The summed E-state index contributed by atoms with van der Waals surface area (Å²) in [6, 6.07) is -0.356. The third kappa shape index (κ3) is 2.87. The number of carbonyl (C=O) groups excluding carboxylic acids is 1. The van der Waals surface area contributed by atoms with E-state index in [1.54, 1.807) is 0 Å². The minimum Gasteiger partial charge on any atom is -0.409 e. The van der Waals surface area contributed by atoms with E-state index in [0.29, 0.717) is 12.3 Å². The fraction of sp³-hybridized carbons (Fsp3) is 0.818. The molecule has 1 saturated carbocycles. The van der Waals surface area contributed by atoms with Gasteiger partial charge in [0.15, 0.2) is 5.84 Å². The van der Waals surface area contributed by atoms with Crippen LogP contribution in [0.4, 0.5) is 0 Å². The van der Waals surface area contributed by atoms with Gasteiger partial charge in [0.05, 0.1) is 6.04 Å². The van der Waals surface area contributed by atoms with Crippen molar-refractivity contribution >= 4 is 11.7 Å². The molecule has 3 atom stereocenters. The maximum atomic E-state index is 11.9. The van der Waals surface area contributed by atoms with E-state index in [4.69, 9.17) is 10.9 Å². The predicted molar refractivity (Wildman–Crippen MR) is 62.1 cm³/mol. The number of hydrogen-bond donors (Lipinski definition) is 3. The second kappa shape index (κ2) is 5.72. The molecule has 3 unspecified atom stereocenters.